The summed E-state index contributed by atoms with van der Waals surface area (Å²) in [5, 5.41) is 2.76. The number of nitrogens with zero attached hydrogens (tertiary/aromatic N) is 2. The number of aromatic nitrogens is 1. The first-order valence-electron chi connectivity index (χ1n) is 8.08. The lowest BCUT2D eigenvalue weighted by molar-refractivity contribution is 0.0987. The first-order valence-corrected chi connectivity index (χ1v) is 8.96. The molecule has 0 atom stereocenters. The van der Waals surface area contributed by atoms with Gasteiger partial charge in [-0.05, 0) is 25.5 Å². The minimum Gasteiger partial charge on any atom is -0.284 e. The van der Waals surface area contributed by atoms with E-state index in [0.29, 0.717) is 12.1 Å². The summed E-state index contributed by atoms with van der Waals surface area (Å²) in [6, 6.07) is 17.8. The molecule has 1 amide bonds. The molecule has 3 aromatic rings. The molecule has 0 aliphatic rings. The van der Waals surface area contributed by atoms with E-state index in [9.17, 15) is 4.79 Å². The van der Waals surface area contributed by atoms with Crippen molar-refractivity contribution in [3.63, 3.8) is 0 Å². The molecular formula is C20H20N2OS. The van der Waals surface area contributed by atoms with Crippen LogP contribution in [0.1, 0.15) is 29.3 Å². The topological polar surface area (TPSA) is 33.2 Å². The van der Waals surface area contributed by atoms with Gasteiger partial charge in [-0.25, -0.2) is 4.98 Å². The van der Waals surface area contributed by atoms with Crippen LogP contribution in [0.4, 0.5) is 5.13 Å². The highest BCUT2D eigenvalue weighted by atomic mass is 32.1. The summed E-state index contributed by atoms with van der Waals surface area (Å²) in [4.78, 5) is 19.4. The highest BCUT2D eigenvalue weighted by Gasteiger charge is 2.20. The van der Waals surface area contributed by atoms with E-state index < -0.39 is 0 Å². The van der Waals surface area contributed by atoms with Gasteiger partial charge in [0.1, 0.15) is 0 Å². The van der Waals surface area contributed by atoms with Gasteiger partial charge < -0.3 is 0 Å². The number of amides is 1. The third kappa shape index (κ3) is 3.54. The van der Waals surface area contributed by atoms with Crippen LogP contribution in [0, 0.1) is 6.92 Å². The number of rotatable bonds is 5. The number of carbonyl (C=O) groups is 1. The molecule has 1 heterocycles. The molecule has 0 saturated carbocycles. The van der Waals surface area contributed by atoms with E-state index in [1.165, 1.54) is 11.3 Å². The van der Waals surface area contributed by atoms with E-state index >= 15 is 0 Å². The molecule has 0 aliphatic heterocycles. The zero-order chi connectivity index (χ0) is 16.9. The van der Waals surface area contributed by atoms with Crippen molar-refractivity contribution in [3.8, 4) is 11.3 Å². The number of hydrogen-bond donors (Lipinski definition) is 0. The minimum atomic E-state index is 0.00881. The minimum absolute atomic E-state index is 0.00881. The maximum absolute atomic E-state index is 12.9. The third-order valence-electron chi connectivity index (χ3n) is 3.75. The van der Waals surface area contributed by atoms with E-state index in [-0.39, 0.29) is 5.91 Å². The van der Waals surface area contributed by atoms with Crippen LogP contribution in [-0.4, -0.2) is 17.4 Å². The molecule has 0 saturated heterocycles. The lowest BCUT2D eigenvalue weighted by Gasteiger charge is -2.19. The van der Waals surface area contributed by atoms with Gasteiger partial charge in [-0.2, -0.15) is 0 Å². The summed E-state index contributed by atoms with van der Waals surface area (Å²) < 4.78 is 0. The number of anilines is 1. The predicted molar refractivity (Wildman–Crippen MR) is 101 cm³/mol. The van der Waals surface area contributed by atoms with Crippen molar-refractivity contribution in [2.24, 2.45) is 0 Å². The monoisotopic (exact) mass is 336 g/mol. The predicted octanol–water partition coefficient (Wildman–Crippen LogP) is 5.18. The van der Waals surface area contributed by atoms with Gasteiger partial charge >= 0.3 is 0 Å². The molecule has 0 N–H and O–H groups in total. The molecule has 0 fully saturated rings. The Morgan fingerprint density at radius 3 is 2.62 bits per heavy atom. The van der Waals surface area contributed by atoms with Crippen molar-refractivity contribution in [2.75, 3.05) is 11.4 Å². The molecule has 0 unspecified atom stereocenters. The number of aryl methyl sites for hydroxylation is 1. The second-order valence-electron chi connectivity index (χ2n) is 5.71. The summed E-state index contributed by atoms with van der Waals surface area (Å²) in [5.41, 5.74) is 3.77. The molecule has 1 aromatic heterocycles. The quantitative estimate of drug-likeness (QED) is 0.643. The van der Waals surface area contributed by atoms with Gasteiger partial charge in [-0.3, -0.25) is 9.69 Å². The fourth-order valence-corrected chi connectivity index (χ4v) is 3.43. The Kier molecular flexibility index (Phi) is 5.06. The fraction of sp³-hybridized carbons (Fsp3) is 0.200. The normalized spacial score (nSPS) is 10.6. The van der Waals surface area contributed by atoms with E-state index in [1.54, 1.807) is 4.90 Å². The van der Waals surface area contributed by atoms with Gasteiger partial charge in [0.2, 0.25) is 0 Å². The molecule has 2 aromatic carbocycles. The van der Waals surface area contributed by atoms with Crippen molar-refractivity contribution in [2.45, 2.75) is 20.3 Å². The molecule has 24 heavy (non-hydrogen) atoms. The Hall–Kier alpha value is -2.46. The van der Waals surface area contributed by atoms with Crippen molar-refractivity contribution >= 4 is 22.4 Å². The first kappa shape index (κ1) is 16.4. The standard InChI is InChI=1S/C20H20N2OS/c1-3-12-22(19(23)17-11-7-8-15(2)13-17)20-21-18(14-24-20)16-9-5-4-6-10-16/h4-11,13-14H,3,12H2,1-2H3. The maximum atomic E-state index is 12.9. The Balaban J connectivity index is 1.91. The van der Waals surface area contributed by atoms with Crippen LogP contribution >= 0.6 is 11.3 Å². The highest BCUT2D eigenvalue weighted by Crippen LogP contribution is 2.28. The number of benzene rings is 2. The summed E-state index contributed by atoms with van der Waals surface area (Å²) >= 11 is 1.51. The van der Waals surface area contributed by atoms with Crippen LogP contribution < -0.4 is 4.90 Å². The first-order chi connectivity index (χ1) is 11.7. The van der Waals surface area contributed by atoms with E-state index in [0.717, 1.165) is 28.4 Å². The number of hydrogen-bond acceptors (Lipinski definition) is 3. The van der Waals surface area contributed by atoms with Gasteiger partial charge in [0.15, 0.2) is 5.13 Å². The van der Waals surface area contributed by atoms with E-state index in [4.69, 9.17) is 4.98 Å². The zero-order valence-electron chi connectivity index (χ0n) is 13.9. The third-order valence-corrected chi connectivity index (χ3v) is 4.61. The van der Waals surface area contributed by atoms with Gasteiger partial charge in [0.25, 0.3) is 5.91 Å². The van der Waals surface area contributed by atoms with Crippen molar-refractivity contribution < 1.29 is 4.79 Å². The largest absolute Gasteiger partial charge is 0.284 e. The Labute approximate surface area is 146 Å². The molecule has 4 heteroatoms. The van der Waals surface area contributed by atoms with E-state index in [1.807, 2.05) is 66.9 Å². The van der Waals surface area contributed by atoms with Crippen LogP contribution in [-0.2, 0) is 0 Å². The summed E-state index contributed by atoms with van der Waals surface area (Å²) in [5.74, 6) is 0.00881. The average molecular weight is 336 g/mol. The Morgan fingerprint density at radius 2 is 1.92 bits per heavy atom. The fourth-order valence-electron chi connectivity index (χ4n) is 2.57. The molecule has 122 valence electrons. The average Bonchev–Trinajstić information content (AvgIpc) is 3.09. The van der Waals surface area contributed by atoms with Gasteiger partial charge in [-0.15, -0.1) is 11.3 Å². The maximum Gasteiger partial charge on any atom is 0.260 e. The van der Waals surface area contributed by atoms with Crippen LogP contribution in [0.25, 0.3) is 11.3 Å². The van der Waals surface area contributed by atoms with Gasteiger partial charge in [0, 0.05) is 23.1 Å². The Morgan fingerprint density at radius 1 is 1.12 bits per heavy atom. The lowest BCUT2D eigenvalue weighted by Crippen LogP contribution is -2.31. The Bertz CT molecular complexity index is 826. The number of thiazole rings is 1. The molecule has 3 nitrogen and oxygen atoms in total. The molecule has 3 rings (SSSR count). The molecule has 0 aliphatic carbocycles. The van der Waals surface area contributed by atoms with Crippen LogP contribution in [0.3, 0.4) is 0 Å². The molecular weight excluding hydrogens is 316 g/mol. The molecule has 0 spiro atoms. The summed E-state index contributed by atoms with van der Waals surface area (Å²) in [6.07, 6.45) is 0.887. The van der Waals surface area contributed by atoms with Crippen molar-refractivity contribution in [1.82, 2.24) is 4.98 Å². The summed E-state index contributed by atoms with van der Waals surface area (Å²) in [7, 11) is 0. The van der Waals surface area contributed by atoms with E-state index in [2.05, 4.69) is 6.92 Å². The van der Waals surface area contributed by atoms with Crippen LogP contribution in [0.2, 0.25) is 0 Å². The van der Waals surface area contributed by atoms with Gasteiger partial charge in [-0.1, -0.05) is 55.0 Å². The summed E-state index contributed by atoms with van der Waals surface area (Å²) in [6.45, 7) is 4.73. The molecule has 0 bridgehead atoms. The second kappa shape index (κ2) is 7.41. The number of carbonyl (C=O) groups excluding carboxylic acids is 1. The zero-order valence-corrected chi connectivity index (χ0v) is 14.7. The molecule has 0 radical (unpaired) electrons. The lowest BCUT2D eigenvalue weighted by atomic mass is 10.1. The van der Waals surface area contributed by atoms with Crippen LogP contribution in [0.5, 0.6) is 0 Å². The smallest absolute Gasteiger partial charge is 0.260 e. The van der Waals surface area contributed by atoms with Crippen molar-refractivity contribution in [1.29, 1.82) is 0 Å². The van der Waals surface area contributed by atoms with Gasteiger partial charge in [0.05, 0.1) is 5.69 Å². The van der Waals surface area contributed by atoms with Crippen molar-refractivity contribution in [3.05, 3.63) is 71.1 Å². The SMILES string of the molecule is CCCN(C(=O)c1cccc(C)c1)c1nc(-c2ccccc2)cs1. The second-order valence-corrected chi connectivity index (χ2v) is 6.54. The highest BCUT2D eigenvalue weighted by molar-refractivity contribution is 7.14. The van der Waals surface area contributed by atoms with Crippen LogP contribution in [0.15, 0.2) is 60.0 Å².